The van der Waals surface area contributed by atoms with E-state index in [9.17, 15) is 13.5 Å². The molecule has 4 nitrogen and oxygen atoms in total. The summed E-state index contributed by atoms with van der Waals surface area (Å²) in [5, 5.41) is 9.53. The van der Waals surface area contributed by atoms with Crippen LogP contribution in [0.2, 0.25) is 0 Å². The molecule has 3 rings (SSSR count). The van der Waals surface area contributed by atoms with Crippen molar-refractivity contribution >= 4 is 10.0 Å². The van der Waals surface area contributed by atoms with Crippen molar-refractivity contribution in [3.8, 4) is 5.75 Å². The number of phenolic OH excluding ortho intramolecular Hbond substituents is 1. The van der Waals surface area contributed by atoms with E-state index in [4.69, 9.17) is 0 Å². The fourth-order valence-electron chi connectivity index (χ4n) is 2.46. The summed E-state index contributed by atoms with van der Waals surface area (Å²) >= 11 is 0. The summed E-state index contributed by atoms with van der Waals surface area (Å²) in [5.74, 6) is 0.169. The molecule has 0 atom stereocenters. The summed E-state index contributed by atoms with van der Waals surface area (Å²) in [5.41, 5.74) is 1.97. The zero-order valence-corrected chi connectivity index (χ0v) is 11.7. The van der Waals surface area contributed by atoms with E-state index in [1.807, 2.05) is 6.07 Å². The Bertz CT molecular complexity index is 726. The van der Waals surface area contributed by atoms with E-state index < -0.39 is 10.0 Å². The van der Waals surface area contributed by atoms with E-state index >= 15 is 0 Å². The molecule has 1 aliphatic rings. The Morgan fingerprint density at radius 3 is 2.50 bits per heavy atom. The third kappa shape index (κ3) is 2.30. The van der Waals surface area contributed by atoms with Gasteiger partial charge in [-0.15, -0.1) is 0 Å². The fraction of sp³-hybridized carbons (Fsp3) is 0.200. The summed E-state index contributed by atoms with van der Waals surface area (Å²) in [6, 6.07) is 13.6. The van der Waals surface area contributed by atoms with Crippen molar-refractivity contribution < 1.29 is 13.5 Å². The van der Waals surface area contributed by atoms with E-state index in [2.05, 4.69) is 0 Å². The minimum absolute atomic E-state index is 0.169. The molecule has 0 unspecified atom stereocenters. The number of nitrogens with zero attached hydrogens (tertiary/aromatic N) is 1. The summed E-state index contributed by atoms with van der Waals surface area (Å²) < 4.78 is 26.6. The average Bonchev–Trinajstić information content (AvgIpc) is 2.47. The summed E-state index contributed by atoms with van der Waals surface area (Å²) in [7, 11) is -3.47. The molecule has 20 heavy (non-hydrogen) atoms. The van der Waals surface area contributed by atoms with Crippen LogP contribution in [0.4, 0.5) is 0 Å². The molecule has 1 heterocycles. The second kappa shape index (κ2) is 4.92. The van der Waals surface area contributed by atoms with Crippen LogP contribution >= 0.6 is 0 Å². The minimum atomic E-state index is -3.47. The van der Waals surface area contributed by atoms with Gasteiger partial charge in [0.25, 0.3) is 0 Å². The maximum absolute atomic E-state index is 12.5. The van der Waals surface area contributed by atoms with Crippen LogP contribution in [-0.2, 0) is 23.0 Å². The zero-order valence-electron chi connectivity index (χ0n) is 10.9. The maximum atomic E-state index is 12.5. The molecule has 2 aromatic carbocycles. The van der Waals surface area contributed by atoms with Crippen LogP contribution in [0.1, 0.15) is 11.1 Å². The lowest BCUT2D eigenvalue weighted by atomic mass is 10.0. The fourth-order valence-corrected chi connectivity index (χ4v) is 3.90. The Kier molecular flexibility index (Phi) is 3.23. The molecule has 0 fully saturated rings. The molecule has 5 heteroatoms. The van der Waals surface area contributed by atoms with Crippen LogP contribution in [0.15, 0.2) is 53.4 Å². The van der Waals surface area contributed by atoms with Gasteiger partial charge in [-0.3, -0.25) is 0 Å². The lowest BCUT2D eigenvalue weighted by Gasteiger charge is -2.28. The van der Waals surface area contributed by atoms with Gasteiger partial charge in [0.15, 0.2) is 0 Å². The third-order valence-electron chi connectivity index (χ3n) is 3.55. The number of rotatable bonds is 2. The molecule has 0 saturated carbocycles. The highest BCUT2D eigenvalue weighted by molar-refractivity contribution is 7.89. The van der Waals surface area contributed by atoms with E-state index in [1.54, 1.807) is 42.5 Å². The van der Waals surface area contributed by atoms with E-state index in [1.165, 1.54) is 4.31 Å². The Morgan fingerprint density at radius 1 is 1.00 bits per heavy atom. The Morgan fingerprint density at radius 2 is 1.75 bits per heavy atom. The number of phenols is 1. The standard InChI is InChI=1S/C15H15NO3S/c17-14-7-6-12-8-9-16(11-13(12)10-14)20(18,19)15-4-2-1-3-5-15/h1-7,10,17H,8-9,11H2. The second-order valence-electron chi connectivity index (χ2n) is 4.85. The molecule has 0 aliphatic carbocycles. The average molecular weight is 289 g/mol. The largest absolute Gasteiger partial charge is 0.508 e. The van der Waals surface area contributed by atoms with Gasteiger partial charge in [0.05, 0.1) is 4.90 Å². The second-order valence-corrected chi connectivity index (χ2v) is 6.79. The van der Waals surface area contributed by atoms with Crippen molar-refractivity contribution in [1.82, 2.24) is 4.31 Å². The molecule has 0 amide bonds. The monoisotopic (exact) mass is 289 g/mol. The quantitative estimate of drug-likeness (QED) is 0.921. The molecule has 0 saturated heterocycles. The van der Waals surface area contributed by atoms with Crippen LogP contribution in [0, 0.1) is 0 Å². The molecule has 1 aliphatic heterocycles. The first-order valence-electron chi connectivity index (χ1n) is 6.43. The molecule has 0 bridgehead atoms. The van der Waals surface area contributed by atoms with Gasteiger partial charge in [0, 0.05) is 13.1 Å². The third-order valence-corrected chi connectivity index (χ3v) is 5.41. The number of hydrogen-bond donors (Lipinski definition) is 1. The van der Waals surface area contributed by atoms with E-state index in [0.717, 1.165) is 11.1 Å². The molecular weight excluding hydrogens is 274 g/mol. The first-order valence-corrected chi connectivity index (χ1v) is 7.87. The molecule has 2 aromatic rings. The molecule has 1 N–H and O–H groups in total. The minimum Gasteiger partial charge on any atom is -0.508 e. The summed E-state index contributed by atoms with van der Waals surface area (Å²) in [6.45, 7) is 0.774. The lowest BCUT2D eigenvalue weighted by molar-refractivity contribution is 0.389. The number of benzene rings is 2. The SMILES string of the molecule is O=S(=O)(c1ccccc1)N1CCc2ccc(O)cc2C1. The summed E-state index contributed by atoms with van der Waals surface area (Å²) in [4.78, 5) is 0.309. The maximum Gasteiger partial charge on any atom is 0.243 e. The Hall–Kier alpha value is -1.85. The lowest BCUT2D eigenvalue weighted by Crippen LogP contribution is -2.35. The van der Waals surface area contributed by atoms with Gasteiger partial charge < -0.3 is 5.11 Å². The highest BCUT2D eigenvalue weighted by atomic mass is 32.2. The van der Waals surface area contributed by atoms with E-state index in [-0.39, 0.29) is 5.75 Å². The van der Waals surface area contributed by atoms with Crippen molar-refractivity contribution in [2.75, 3.05) is 6.54 Å². The first-order chi connectivity index (χ1) is 9.57. The smallest absolute Gasteiger partial charge is 0.243 e. The van der Waals surface area contributed by atoms with Crippen molar-refractivity contribution in [3.63, 3.8) is 0 Å². The number of aromatic hydroxyl groups is 1. The van der Waals surface area contributed by atoms with Crippen molar-refractivity contribution in [2.45, 2.75) is 17.9 Å². The van der Waals surface area contributed by atoms with Crippen LogP contribution in [0.5, 0.6) is 5.75 Å². The molecule has 104 valence electrons. The molecule has 0 radical (unpaired) electrons. The van der Waals surface area contributed by atoms with Crippen LogP contribution in [0.3, 0.4) is 0 Å². The van der Waals surface area contributed by atoms with Gasteiger partial charge in [-0.1, -0.05) is 24.3 Å². The highest BCUT2D eigenvalue weighted by Crippen LogP contribution is 2.27. The van der Waals surface area contributed by atoms with Crippen molar-refractivity contribution in [2.24, 2.45) is 0 Å². The first kappa shape index (κ1) is 13.1. The topological polar surface area (TPSA) is 57.6 Å². The normalized spacial score (nSPS) is 15.8. The zero-order chi connectivity index (χ0) is 14.2. The van der Waals surface area contributed by atoms with Gasteiger partial charge in [0.1, 0.15) is 5.75 Å². The van der Waals surface area contributed by atoms with Crippen molar-refractivity contribution in [3.05, 3.63) is 59.7 Å². The van der Waals surface area contributed by atoms with Gasteiger partial charge in [-0.05, 0) is 41.8 Å². The summed E-state index contributed by atoms with van der Waals surface area (Å²) in [6.07, 6.45) is 0.668. The van der Waals surface area contributed by atoms with Crippen molar-refractivity contribution in [1.29, 1.82) is 0 Å². The molecule has 0 spiro atoms. The predicted molar refractivity (Wildman–Crippen MR) is 75.8 cm³/mol. The van der Waals surface area contributed by atoms with Crippen LogP contribution < -0.4 is 0 Å². The Labute approximate surface area is 118 Å². The number of fused-ring (bicyclic) bond motifs is 1. The number of sulfonamides is 1. The van der Waals surface area contributed by atoms with Gasteiger partial charge in [0.2, 0.25) is 10.0 Å². The van der Waals surface area contributed by atoms with E-state index in [0.29, 0.717) is 24.4 Å². The predicted octanol–water partition coefficient (Wildman–Crippen LogP) is 2.14. The van der Waals surface area contributed by atoms with Crippen LogP contribution in [0.25, 0.3) is 0 Å². The van der Waals surface area contributed by atoms with Gasteiger partial charge in [-0.2, -0.15) is 4.31 Å². The molecule has 0 aromatic heterocycles. The number of hydrogen-bond acceptors (Lipinski definition) is 3. The highest BCUT2D eigenvalue weighted by Gasteiger charge is 2.28. The Balaban J connectivity index is 1.94. The van der Waals surface area contributed by atoms with Crippen LogP contribution in [-0.4, -0.2) is 24.4 Å². The molecular formula is C15H15NO3S. The van der Waals surface area contributed by atoms with Gasteiger partial charge >= 0.3 is 0 Å². The van der Waals surface area contributed by atoms with Gasteiger partial charge in [-0.25, -0.2) is 8.42 Å².